The van der Waals surface area contributed by atoms with E-state index in [9.17, 15) is 4.21 Å². The zero-order chi connectivity index (χ0) is 9.97. The first-order valence-electron chi connectivity index (χ1n) is 4.37. The Morgan fingerprint density at radius 3 is 3.14 bits per heavy atom. The van der Waals surface area contributed by atoms with Crippen LogP contribution in [0.15, 0.2) is 17.3 Å². The maximum atomic E-state index is 11.9. The molecule has 76 valence electrons. The summed E-state index contributed by atoms with van der Waals surface area (Å²) in [5, 5.41) is 4.00. The Morgan fingerprint density at radius 1 is 1.64 bits per heavy atom. The van der Waals surface area contributed by atoms with Crippen LogP contribution in [0.2, 0.25) is 5.28 Å². The lowest BCUT2D eigenvalue weighted by atomic mass is 10.4. The van der Waals surface area contributed by atoms with Gasteiger partial charge in [-0.15, -0.1) is 0 Å². The highest BCUT2D eigenvalue weighted by Gasteiger charge is 2.23. The van der Waals surface area contributed by atoms with E-state index in [0.29, 0.717) is 5.03 Å². The van der Waals surface area contributed by atoms with Crippen LogP contribution in [0.25, 0.3) is 0 Å². The van der Waals surface area contributed by atoms with Crippen LogP contribution in [-0.4, -0.2) is 32.5 Å². The summed E-state index contributed by atoms with van der Waals surface area (Å²) >= 11 is 5.62. The summed E-state index contributed by atoms with van der Waals surface area (Å²) < 4.78 is 11.9. The largest absolute Gasteiger partial charge is 0.315 e. The predicted octanol–water partition coefficient (Wildman–Crippen LogP) is 0.599. The van der Waals surface area contributed by atoms with E-state index in [-0.39, 0.29) is 10.5 Å². The van der Waals surface area contributed by atoms with Crippen LogP contribution < -0.4 is 5.32 Å². The lowest BCUT2D eigenvalue weighted by molar-refractivity contribution is 0.669. The minimum absolute atomic E-state index is 0.154. The molecule has 1 saturated heterocycles. The van der Waals surface area contributed by atoms with Crippen molar-refractivity contribution in [2.75, 3.05) is 13.1 Å². The minimum atomic E-state index is -1.07. The van der Waals surface area contributed by atoms with Gasteiger partial charge in [-0.2, -0.15) is 0 Å². The van der Waals surface area contributed by atoms with Crippen LogP contribution in [0.3, 0.4) is 0 Å². The topological polar surface area (TPSA) is 54.9 Å². The van der Waals surface area contributed by atoms with Gasteiger partial charge in [0.1, 0.15) is 5.03 Å². The van der Waals surface area contributed by atoms with Crippen molar-refractivity contribution >= 4 is 22.4 Å². The first-order chi connectivity index (χ1) is 6.77. The van der Waals surface area contributed by atoms with Crippen LogP contribution in [0.1, 0.15) is 6.42 Å². The number of halogens is 1. The van der Waals surface area contributed by atoms with E-state index in [1.165, 1.54) is 6.20 Å². The molecule has 0 aromatic carbocycles. The van der Waals surface area contributed by atoms with Gasteiger partial charge < -0.3 is 5.32 Å². The lowest BCUT2D eigenvalue weighted by Crippen LogP contribution is -2.19. The van der Waals surface area contributed by atoms with Gasteiger partial charge in [-0.05, 0) is 30.6 Å². The molecule has 0 bridgehead atoms. The highest BCUT2D eigenvalue weighted by atomic mass is 35.5. The molecule has 0 saturated carbocycles. The number of hydrogen-bond acceptors (Lipinski definition) is 4. The van der Waals surface area contributed by atoms with Crippen molar-refractivity contribution in [3.8, 4) is 0 Å². The average molecular weight is 232 g/mol. The van der Waals surface area contributed by atoms with Crippen molar-refractivity contribution in [1.29, 1.82) is 0 Å². The summed E-state index contributed by atoms with van der Waals surface area (Å²) in [4.78, 5) is 7.70. The van der Waals surface area contributed by atoms with Gasteiger partial charge in [0.15, 0.2) is 0 Å². The van der Waals surface area contributed by atoms with Crippen LogP contribution in [-0.2, 0) is 10.8 Å². The van der Waals surface area contributed by atoms with Crippen molar-refractivity contribution in [1.82, 2.24) is 15.3 Å². The number of rotatable bonds is 2. The molecule has 1 aliphatic heterocycles. The Hall–Kier alpha value is -0.520. The van der Waals surface area contributed by atoms with Gasteiger partial charge in [-0.25, -0.2) is 9.97 Å². The Labute approximate surface area is 89.6 Å². The second-order valence-corrected chi connectivity index (χ2v) is 5.09. The molecule has 4 nitrogen and oxygen atoms in total. The van der Waals surface area contributed by atoms with Gasteiger partial charge in [0.25, 0.3) is 0 Å². The second kappa shape index (κ2) is 4.33. The molecule has 6 heteroatoms. The molecule has 2 rings (SSSR count). The quantitative estimate of drug-likeness (QED) is 0.598. The smallest absolute Gasteiger partial charge is 0.223 e. The fourth-order valence-corrected chi connectivity index (χ4v) is 2.92. The summed E-state index contributed by atoms with van der Waals surface area (Å²) in [5.41, 5.74) is 0. The van der Waals surface area contributed by atoms with Crippen LogP contribution in [0, 0.1) is 0 Å². The molecule has 1 N–H and O–H groups in total. The van der Waals surface area contributed by atoms with Crippen molar-refractivity contribution in [3.63, 3.8) is 0 Å². The van der Waals surface area contributed by atoms with Crippen molar-refractivity contribution in [2.45, 2.75) is 16.7 Å². The van der Waals surface area contributed by atoms with Gasteiger partial charge in [0.2, 0.25) is 5.28 Å². The molecule has 14 heavy (non-hydrogen) atoms. The highest BCUT2D eigenvalue weighted by molar-refractivity contribution is 7.85. The summed E-state index contributed by atoms with van der Waals surface area (Å²) in [6.07, 6.45) is 2.46. The van der Waals surface area contributed by atoms with Crippen molar-refractivity contribution < 1.29 is 4.21 Å². The van der Waals surface area contributed by atoms with Crippen LogP contribution >= 0.6 is 11.6 Å². The van der Waals surface area contributed by atoms with Gasteiger partial charge >= 0.3 is 0 Å². The molecule has 1 fully saturated rings. The first-order valence-corrected chi connectivity index (χ1v) is 5.96. The monoisotopic (exact) mass is 231 g/mol. The molecule has 0 aliphatic carbocycles. The average Bonchev–Trinajstić information content (AvgIpc) is 2.69. The second-order valence-electron chi connectivity index (χ2n) is 3.08. The van der Waals surface area contributed by atoms with E-state index in [4.69, 9.17) is 11.6 Å². The zero-order valence-electron chi connectivity index (χ0n) is 7.44. The van der Waals surface area contributed by atoms with E-state index >= 15 is 0 Å². The first kappa shape index (κ1) is 10.0. The SMILES string of the molecule is O=[S@](c1ccnc(Cl)n1)[C@@H]1CCNC1. The molecule has 2 atom stereocenters. The van der Waals surface area contributed by atoms with Crippen molar-refractivity contribution in [2.24, 2.45) is 0 Å². The summed E-state index contributed by atoms with van der Waals surface area (Å²) in [5.74, 6) is 0. The molecule has 0 radical (unpaired) electrons. The molecule has 1 aromatic heterocycles. The van der Waals surface area contributed by atoms with E-state index < -0.39 is 10.8 Å². The Balaban J connectivity index is 2.17. The Morgan fingerprint density at radius 2 is 2.50 bits per heavy atom. The fraction of sp³-hybridized carbons (Fsp3) is 0.500. The van der Waals surface area contributed by atoms with E-state index in [1.54, 1.807) is 6.07 Å². The third-order valence-electron chi connectivity index (χ3n) is 2.12. The number of nitrogens with zero attached hydrogens (tertiary/aromatic N) is 2. The van der Waals surface area contributed by atoms with E-state index in [1.807, 2.05) is 0 Å². The normalized spacial score (nSPS) is 23.6. The standard InChI is InChI=1S/C8H10ClN3OS/c9-8-11-4-2-7(12-8)14(13)6-1-3-10-5-6/h2,4,6,10H,1,3,5H2/t6-,14+/m1/s1. The number of aromatic nitrogens is 2. The minimum Gasteiger partial charge on any atom is -0.315 e. The molecule has 1 aromatic rings. The summed E-state index contributed by atoms with van der Waals surface area (Å²) in [6, 6.07) is 1.65. The molecule has 0 amide bonds. The zero-order valence-corrected chi connectivity index (χ0v) is 9.01. The third-order valence-corrected chi connectivity index (χ3v) is 3.95. The molecular formula is C8H10ClN3OS. The highest BCUT2D eigenvalue weighted by Crippen LogP contribution is 2.14. The molecule has 0 unspecified atom stereocenters. The molecule has 1 aliphatic rings. The van der Waals surface area contributed by atoms with E-state index in [0.717, 1.165) is 19.5 Å². The van der Waals surface area contributed by atoms with Gasteiger partial charge in [-0.1, -0.05) is 0 Å². The Kier molecular flexibility index (Phi) is 3.10. The maximum Gasteiger partial charge on any atom is 0.223 e. The van der Waals surface area contributed by atoms with Crippen LogP contribution in [0.5, 0.6) is 0 Å². The Bertz CT molecular complexity index is 354. The lowest BCUT2D eigenvalue weighted by Gasteiger charge is -2.06. The molecular weight excluding hydrogens is 222 g/mol. The third kappa shape index (κ3) is 2.10. The molecule has 0 spiro atoms. The van der Waals surface area contributed by atoms with Gasteiger partial charge in [0, 0.05) is 12.7 Å². The van der Waals surface area contributed by atoms with Gasteiger partial charge in [0.05, 0.1) is 16.0 Å². The number of nitrogens with one attached hydrogen (secondary N) is 1. The predicted molar refractivity (Wildman–Crippen MR) is 54.7 cm³/mol. The molecule has 2 heterocycles. The fourth-order valence-electron chi connectivity index (χ4n) is 1.41. The summed E-state index contributed by atoms with van der Waals surface area (Å²) in [7, 11) is -1.07. The maximum absolute atomic E-state index is 11.9. The van der Waals surface area contributed by atoms with E-state index in [2.05, 4.69) is 15.3 Å². The van der Waals surface area contributed by atoms with Crippen molar-refractivity contribution in [3.05, 3.63) is 17.5 Å². The van der Waals surface area contributed by atoms with Gasteiger partial charge in [-0.3, -0.25) is 4.21 Å². The van der Waals surface area contributed by atoms with Crippen LogP contribution in [0.4, 0.5) is 0 Å². The summed E-state index contributed by atoms with van der Waals surface area (Å²) in [6.45, 7) is 1.71. The number of hydrogen-bond donors (Lipinski definition) is 1.